The standard InChI is InChI=1S/C13H18O5/c1-3-16-13(17-4-2)10-7-5-6-8-11(10)18-9-12(14)15/h5-8,13H,3-4,9H2,1-2H3,(H,14,15). The van der Waals surface area contributed by atoms with Crippen molar-refractivity contribution in [2.45, 2.75) is 20.1 Å². The molecule has 0 aromatic heterocycles. The van der Waals surface area contributed by atoms with E-state index in [1.807, 2.05) is 19.9 Å². The van der Waals surface area contributed by atoms with Gasteiger partial charge in [-0.3, -0.25) is 0 Å². The molecule has 1 aromatic carbocycles. The Hall–Kier alpha value is -1.59. The highest BCUT2D eigenvalue weighted by molar-refractivity contribution is 5.68. The first-order chi connectivity index (χ1) is 8.69. The van der Waals surface area contributed by atoms with Gasteiger partial charge >= 0.3 is 5.97 Å². The maximum atomic E-state index is 10.5. The van der Waals surface area contributed by atoms with Gasteiger partial charge in [-0.1, -0.05) is 18.2 Å². The fourth-order valence-corrected chi connectivity index (χ4v) is 1.48. The normalized spacial score (nSPS) is 10.6. The molecule has 0 fully saturated rings. The summed E-state index contributed by atoms with van der Waals surface area (Å²) in [6, 6.07) is 7.10. The van der Waals surface area contributed by atoms with Crippen LogP contribution in [0.15, 0.2) is 24.3 Å². The summed E-state index contributed by atoms with van der Waals surface area (Å²) in [5, 5.41) is 8.62. The quantitative estimate of drug-likeness (QED) is 0.720. The number of rotatable bonds is 8. The zero-order valence-corrected chi connectivity index (χ0v) is 10.6. The number of carboxylic acid groups (broad SMARTS) is 1. The van der Waals surface area contributed by atoms with Crippen LogP contribution >= 0.6 is 0 Å². The van der Waals surface area contributed by atoms with Crippen molar-refractivity contribution in [3.05, 3.63) is 29.8 Å². The average Bonchev–Trinajstić information content (AvgIpc) is 2.36. The van der Waals surface area contributed by atoms with E-state index in [0.717, 1.165) is 0 Å². The summed E-state index contributed by atoms with van der Waals surface area (Å²) in [6.45, 7) is 4.34. The van der Waals surface area contributed by atoms with Crippen LogP contribution in [0.1, 0.15) is 25.7 Å². The molecule has 0 heterocycles. The predicted octanol–water partition coefficient (Wildman–Crippen LogP) is 2.22. The summed E-state index contributed by atoms with van der Waals surface area (Å²) in [5.41, 5.74) is 0.697. The van der Waals surface area contributed by atoms with Crippen molar-refractivity contribution in [3.8, 4) is 5.75 Å². The number of carboxylic acids is 1. The van der Waals surface area contributed by atoms with Crippen LogP contribution < -0.4 is 4.74 Å². The molecule has 0 bridgehead atoms. The fraction of sp³-hybridized carbons (Fsp3) is 0.462. The Labute approximate surface area is 106 Å². The van der Waals surface area contributed by atoms with Gasteiger partial charge in [0, 0.05) is 18.8 Å². The SMILES string of the molecule is CCOC(OCC)c1ccccc1OCC(=O)O. The van der Waals surface area contributed by atoms with E-state index in [1.165, 1.54) is 0 Å². The first kappa shape index (κ1) is 14.5. The molecule has 5 heteroatoms. The highest BCUT2D eigenvalue weighted by atomic mass is 16.7. The molecule has 1 rings (SSSR count). The van der Waals surface area contributed by atoms with E-state index < -0.39 is 12.3 Å². The van der Waals surface area contributed by atoms with E-state index in [-0.39, 0.29) is 6.61 Å². The molecule has 18 heavy (non-hydrogen) atoms. The van der Waals surface area contributed by atoms with Crippen molar-refractivity contribution in [1.29, 1.82) is 0 Å². The number of aliphatic carboxylic acids is 1. The number of benzene rings is 1. The minimum atomic E-state index is -1.02. The zero-order valence-electron chi connectivity index (χ0n) is 10.6. The fourth-order valence-electron chi connectivity index (χ4n) is 1.48. The van der Waals surface area contributed by atoms with Gasteiger partial charge in [0.2, 0.25) is 0 Å². The molecule has 100 valence electrons. The van der Waals surface area contributed by atoms with E-state index in [9.17, 15) is 4.79 Å². The highest BCUT2D eigenvalue weighted by Gasteiger charge is 2.16. The molecule has 0 aliphatic heterocycles. The topological polar surface area (TPSA) is 65.0 Å². The maximum Gasteiger partial charge on any atom is 0.341 e. The largest absolute Gasteiger partial charge is 0.481 e. The van der Waals surface area contributed by atoms with Crippen LogP contribution in [0.25, 0.3) is 0 Å². The summed E-state index contributed by atoms with van der Waals surface area (Å²) in [6.07, 6.45) is -0.537. The number of carbonyl (C=O) groups is 1. The Morgan fingerprint density at radius 1 is 1.22 bits per heavy atom. The van der Waals surface area contributed by atoms with Crippen LogP contribution in [0.5, 0.6) is 5.75 Å². The molecule has 0 atom stereocenters. The van der Waals surface area contributed by atoms with Crippen molar-refractivity contribution in [2.24, 2.45) is 0 Å². The second-order valence-corrected chi connectivity index (χ2v) is 3.46. The number of ether oxygens (including phenoxy) is 3. The van der Waals surface area contributed by atoms with Crippen molar-refractivity contribution >= 4 is 5.97 Å². The van der Waals surface area contributed by atoms with E-state index in [0.29, 0.717) is 24.5 Å². The van der Waals surface area contributed by atoms with Gasteiger partial charge in [0.25, 0.3) is 0 Å². The van der Waals surface area contributed by atoms with E-state index in [1.54, 1.807) is 18.2 Å². The lowest BCUT2D eigenvalue weighted by atomic mass is 10.2. The van der Waals surface area contributed by atoms with E-state index in [2.05, 4.69) is 0 Å². The molecule has 0 aliphatic carbocycles. The Morgan fingerprint density at radius 3 is 2.39 bits per heavy atom. The lowest BCUT2D eigenvalue weighted by Crippen LogP contribution is -2.14. The first-order valence-electron chi connectivity index (χ1n) is 5.85. The monoisotopic (exact) mass is 254 g/mol. The lowest BCUT2D eigenvalue weighted by Gasteiger charge is -2.19. The molecular formula is C13H18O5. The second kappa shape index (κ2) is 7.68. The number of hydrogen-bond donors (Lipinski definition) is 1. The molecule has 1 aromatic rings. The molecule has 0 spiro atoms. The van der Waals surface area contributed by atoms with Crippen molar-refractivity contribution in [1.82, 2.24) is 0 Å². The third-order valence-corrected chi connectivity index (χ3v) is 2.16. The van der Waals surface area contributed by atoms with Crippen LogP contribution in [0.2, 0.25) is 0 Å². The van der Waals surface area contributed by atoms with Gasteiger partial charge in [0.05, 0.1) is 0 Å². The van der Waals surface area contributed by atoms with Crippen molar-refractivity contribution < 1.29 is 24.1 Å². The van der Waals surface area contributed by atoms with Gasteiger partial charge in [-0.25, -0.2) is 4.79 Å². The van der Waals surface area contributed by atoms with Gasteiger partial charge in [-0.15, -0.1) is 0 Å². The summed E-state index contributed by atoms with van der Waals surface area (Å²) in [7, 11) is 0. The predicted molar refractivity (Wildman–Crippen MR) is 65.6 cm³/mol. The molecule has 0 aliphatic rings. The Balaban J connectivity index is 2.86. The van der Waals surface area contributed by atoms with Crippen LogP contribution in [-0.2, 0) is 14.3 Å². The van der Waals surface area contributed by atoms with Gasteiger partial charge < -0.3 is 19.3 Å². The van der Waals surface area contributed by atoms with Crippen molar-refractivity contribution in [2.75, 3.05) is 19.8 Å². The third kappa shape index (κ3) is 4.35. The Morgan fingerprint density at radius 2 is 1.83 bits per heavy atom. The van der Waals surface area contributed by atoms with Crippen LogP contribution in [-0.4, -0.2) is 30.9 Å². The molecular weight excluding hydrogens is 236 g/mol. The minimum absolute atomic E-state index is 0.387. The van der Waals surface area contributed by atoms with Gasteiger partial charge in [0.15, 0.2) is 12.9 Å². The summed E-state index contributed by atoms with van der Waals surface area (Å²) < 4.78 is 16.1. The minimum Gasteiger partial charge on any atom is -0.481 e. The molecule has 0 amide bonds. The van der Waals surface area contributed by atoms with Crippen LogP contribution in [0.3, 0.4) is 0 Å². The van der Waals surface area contributed by atoms with Gasteiger partial charge in [-0.2, -0.15) is 0 Å². The molecule has 5 nitrogen and oxygen atoms in total. The summed E-state index contributed by atoms with van der Waals surface area (Å²) in [4.78, 5) is 10.5. The average molecular weight is 254 g/mol. The maximum absolute atomic E-state index is 10.5. The first-order valence-corrected chi connectivity index (χ1v) is 5.85. The van der Waals surface area contributed by atoms with Crippen LogP contribution in [0.4, 0.5) is 0 Å². The molecule has 0 saturated heterocycles. The molecule has 1 N–H and O–H groups in total. The lowest BCUT2D eigenvalue weighted by molar-refractivity contribution is -0.143. The summed E-state index contributed by atoms with van der Waals surface area (Å²) >= 11 is 0. The molecule has 0 unspecified atom stereocenters. The Kier molecular flexibility index (Phi) is 6.18. The van der Waals surface area contributed by atoms with Crippen molar-refractivity contribution in [3.63, 3.8) is 0 Å². The number of hydrogen-bond acceptors (Lipinski definition) is 4. The second-order valence-electron chi connectivity index (χ2n) is 3.46. The smallest absolute Gasteiger partial charge is 0.341 e. The highest BCUT2D eigenvalue weighted by Crippen LogP contribution is 2.28. The van der Waals surface area contributed by atoms with E-state index in [4.69, 9.17) is 19.3 Å². The Bertz CT molecular complexity index is 371. The summed E-state index contributed by atoms with van der Waals surface area (Å²) in [5.74, 6) is -0.555. The molecule has 0 saturated carbocycles. The van der Waals surface area contributed by atoms with Crippen LogP contribution in [0, 0.1) is 0 Å². The zero-order chi connectivity index (χ0) is 13.4. The van der Waals surface area contributed by atoms with Gasteiger partial charge in [0.1, 0.15) is 5.75 Å². The third-order valence-electron chi connectivity index (χ3n) is 2.16. The molecule has 0 radical (unpaired) electrons. The van der Waals surface area contributed by atoms with E-state index >= 15 is 0 Å². The number of para-hydroxylation sites is 1. The van der Waals surface area contributed by atoms with Gasteiger partial charge in [-0.05, 0) is 19.9 Å².